The van der Waals surface area contributed by atoms with Gasteiger partial charge in [-0.25, -0.2) is 0 Å². The van der Waals surface area contributed by atoms with E-state index in [-0.39, 0.29) is 0 Å². The number of nitrogens with zero attached hydrogens (tertiary/aromatic N) is 1. The second-order valence-corrected chi connectivity index (χ2v) is 3.72. The fraction of sp³-hybridized carbons (Fsp3) is 0.545. The second-order valence-electron chi connectivity index (χ2n) is 3.72. The Morgan fingerprint density at radius 2 is 2.57 bits per heavy atom. The van der Waals surface area contributed by atoms with Crippen molar-refractivity contribution in [3.8, 4) is 5.75 Å². The zero-order chi connectivity index (χ0) is 9.80. The summed E-state index contributed by atoms with van der Waals surface area (Å²) in [5.41, 5.74) is 1.09. The minimum atomic E-state index is 0.721. The van der Waals surface area contributed by atoms with Gasteiger partial charge in [-0.2, -0.15) is 0 Å². The summed E-state index contributed by atoms with van der Waals surface area (Å²) in [7, 11) is 1.70. The van der Waals surface area contributed by atoms with E-state index in [2.05, 4.69) is 10.3 Å². The Labute approximate surface area is 84.5 Å². The van der Waals surface area contributed by atoms with Gasteiger partial charge in [-0.1, -0.05) is 0 Å². The topological polar surface area (TPSA) is 34.1 Å². The lowest BCUT2D eigenvalue weighted by Crippen LogP contribution is -2.11. The Balaban J connectivity index is 2.07. The maximum atomic E-state index is 5.27. The van der Waals surface area contributed by atoms with E-state index in [1.54, 1.807) is 7.11 Å². The van der Waals surface area contributed by atoms with Gasteiger partial charge in [0.15, 0.2) is 0 Å². The first kappa shape index (κ1) is 9.46. The molecule has 2 rings (SSSR count). The van der Waals surface area contributed by atoms with Gasteiger partial charge in [0.05, 0.1) is 12.8 Å². The number of aromatic nitrogens is 1. The molecule has 1 atom stereocenters. The molecule has 0 bridgehead atoms. The summed E-state index contributed by atoms with van der Waals surface area (Å²) in [6.45, 7) is 2.25. The van der Waals surface area contributed by atoms with E-state index in [9.17, 15) is 0 Å². The van der Waals surface area contributed by atoms with Crippen LogP contribution in [0.5, 0.6) is 5.75 Å². The van der Waals surface area contributed by atoms with E-state index < -0.39 is 0 Å². The molecule has 3 heteroatoms. The summed E-state index contributed by atoms with van der Waals surface area (Å²) >= 11 is 0. The van der Waals surface area contributed by atoms with Crippen molar-refractivity contribution in [2.75, 3.05) is 20.2 Å². The molecule has 1 fully saturated rings. The standard InChI is InChI=1S/C11H16N2O/c1-14-11-3-2-5-13-10(11)7-9-4-6-12-8-9/h2-3,5,9,12H,4,6-8H2,1H3/t9-/m1/s1. The van der Waals surface area contributed by atoms with Crippen LogP contribution in [0.15, 0.2) is 18.3 Å². The molecule has 0 spiro atoms. The van der Waals surface area contributed by atoms with Crippen LogP contribution in [0.3, 0.4) is 0 Å². The molecule has 1 aliphatic heterocycles. The smallest absolute Gasteiger partial charge is 0.140 e. The molecule has 76 valence electrons. The third-order valence-electron chi connectivity index (χ3n) is 2.71. The number of hydrogen-bond donors (Lipinski definition) is 1. The van der Waals surface area contributed by atoms with E-state index >= 15 is 0 Å². The molecule has 1 N–H and O–H groups in total. The van der Waals surface area contributed by atoms with Gasteiger partial charge in [0.1, 0.15) is 5.75 Å². The van der Waals surface area contributed by atoms with Gasteiger partial charge < -0.3 is 10.1 Å². The number of nitrogens with one attached hydrogen (secondary N) is 1. The highest BCUT2D eigenvalue weighted by Crippen LogP contribution is 2.21. The highest BCUT2D eigenvalue weighted by Gasteiger charge is 2.17. The minimum Gasteiger partial charge on any atom is -0.495 e. The summed E-state index contributed by atoms with van der Waals surface area (Å²) in [6.07, 6.45) is 4.11. The fourth-order valence-corrected chi connectivity index (χ4v) is 1.92. The molecular weight excluding hydrogens is 176 g/mol. The van der Waals surface area contributed by atoms with Crippen LogP contribution in [-0.4, -0.2) is 25.2 Å². The Bertz CT molecular complexity index is 295. The van der Waals surface area contributed by atoms with Gasteiger partial charge in [-0.3, -0.25) is 4.98 Å². The Morgan fingerprint density at radius 3 is 3.29 bits per heavy atom. The van der Waals surface area contributed by atoms with Gasteiger partial charge in [-0.15, -0.1) is 0 Å². The predicted molar refractivity (Wildman–Crippen MR) is 55.5 cm³/mol. The van der Waals surface area contributed by atoms with Gasteiger partial charge in [0, 0.05) is 6.20 Å². The quantitative estimate of drug-likeness (QED) is 0.782. The maximum Gasteiger partial charge on any atom is 0.140 e. The van der Waals surface area contributed by atoms with Crippen LogP contribution in [0, 0.1) is 5.92 Å². The van der Waals surface area contributed by atoms with Crippen molar-refractivity contribution in [3.63, 3.8) is 0 Å². The van der Waals surface area contributed by atoms with Crippen LogP contribution in [0.25, 0.3) is 0 Å². The molecule has 1 aromatic rings. The van der Waals surface area contributed by atoms with E-state index in [1.165, 1.54) is 6.42 Å². The first-order valence-corrected chi connectivity index (χ1v) is 5.08. The molecule has 1 saturated heterocycles. The largest absolute Gasteiger partial charge is 0.495 e. The lowest BCUT2D eigenvalue weighted by molar-refractivity contribution is 0.402. The predicted octanol–water partition coefficient (Wildman–Crippen LogP) is 1.24. The summed E-state index contributed by atoms with van der Waals surface area (Å²) in [6, 6.07) is 3.89. The molecule has 0 amide bonds. The van der Waals surface area contributed by atoms with Crippen LogP contribution in [-0.2, 0) is 6.42 Å². The molecule has 0 aromatic carbocycles. The highest BCUT2D eigenvalue weighted by molar-refractivity contribution is 5.27. The van der Waals surface area contributed by atoms with Crippen molar-refractivity contribution in [1.29, 1.82) is 0 Å². The number of hydrogen-bond acceptors (Lipinski definition) is 3. The zero-order valence-electron chi connectivity index (χ0n) is 8.49. The normalized spacial score (nSPS) is 21.1. The van der Waals surface area contributed by atoms with Crippen molar-refractivity contribution in [2.24, 2.45) is 5.92 Å². The minimum absolute atomic E-state index is 0.721. The van der Waals surface area contributed by atoms with Crippen molar-refractivity contribution in [1.82, 2.24) is 10.3 Å². The Morgan fingerprint density at radius 1 is 1.64 bits per heavy atom. The average Bonchev–Trinajstić information content (AvgIpc) is 2.71. The van der Waals surface area contributed by atoms with E-state index in [1.807, 2.05) is 18.3 Å². The monoisotopic (exact) mass is 192 g/mol. The Kier molecular flexibility index (Phi) is 2.99. The van der Waals surface area contributed by atoms with Gasteiger partial charge in [-0.05, 0) is 44.0 Å². The van der Waals surface area contributed by atoms with E-state index in [4.69, 9.17) is 4.74 Å². The molecule has 3 nitrogen and oxygen atoms in total. The van der Waals surface area contributed by atoms with Crippen LogP contribution in [0.4, 0.5) is 0 Å². The van der Waals surface area contributed by atoms with Crippen LogP contribution >= 0.6 is 0 Å². The van der Waals surface area contributed by atoms with Crippen LogP contribution in [0.1, 0.15) is 12.1 Å². The summed E-state index contributed by atoms with van der Waals surface area (Å²) < 4.78 is 5.27. The third-order valence-corrected chi connectivity index (χ3v) is 2.71. The molecule has 0 radical (unpaired) electrons. The zero-order valence-corrected chi connectivity index (χ0v) is 8.49. The van der Waals surface area contributed by atoms with Crippen LogP contribution < -0.4 is 10.1 Å². The number of rotatable bonds is 3. The van der Waals surface area contributed by atoms with Crippen molar-refractivity contribution >= 4 is 0 Å². The first-order valence-electron chi connectivity index (χ1n) is 5.08. The van der Waals surface area contributed by atoms with Gasteiger partial charge in [0.25, 0.3) is 0 Å². The van der Waals surface area contributed by atoms with E-state index in [0.717, 1.165) is 36.9 Å². The van der Waals surface area contributed by atoms with E-state index in [0.29, 0.717) is 0 Å². The molecule has 1 aromatic heterocycles. The molecule has 1 aliphatic rings. The van der Waals surface area contributed by atoms with Crippen molar-refractivity contribution < 1.29 is 4.74 Å². The maximum absolute atomic E-state index is 5.27. The molecule has 2 heterocycles. The lowest BCUT2D eigenvalue weighted by atomic mass is 10.0. The second kappa shape index (κ2) is 4.42. The average molecular weight is 192 g/mol. The number of ether oxygens (including phenoxy) is 1. The van der Waals surface area contributed by atoms with Gasteiger partial charge >= 0.3 is 0 Å². The summed E-state index contributed by atoms with van der Waals surface area (Å²) in [5, 5.41) is 3.36. The highest BCUT2D eigenvalue weighted by atomic mass is 16.5. The molecule has 0 aliphatic carbocycles. The van der Waals surface area contributed by atoms with Gasteiger partial charge in [0.2, 0.25) is 0 Å². The molecule has 14 heavy (non-hydrogen) atoms. The van der Waals surface area contributed by atoms with Crippen molar-refractivity contribution in [3.05, 3.63) is 24.0 Å². The summed E-state index contributed by atoms with van der Waals surface area (Å²) in [4.78, 5) is 4.36. The molecule has 0 saturated carbocycles. The SMILES string of the molecule is COc1cccnc1C[C@H]1CCNC1. The number of pyridine rings is 1. The molecule has 0 unspecified atom stereocenters. The van der Waals surface area contributed by atoms with Crippen molar-refractivity contribution in [2.45, 2.75) is 12.8 Å². The number of methoxy groups -OCH3 is 1. The lowest BCUT2D eigenvalue weighted by Gasteiger charge is -2.10. The first-order chi connectivity index (χ1) is 6.90. The van der Waals surface area contributed by atoms with Crippen LogP contribution in [0.2, 0.25) is 0 Å². The third kappa shape index (κ3) is 2.04. The Hall–Kier alpha value is -1.09. The molecular formula is C11H16N2O. The summed E-state index contributed by atoms with van der Waals surface area (Å²) in [5.74, 6) is 1.64. The fourth-order valence-electron chi connectivity index (χ4n) is 1.92.